The first-order chi connectivity index (χ1) is 12.3. The summed E-state index contributed by atoms with van der Waals surface area (Å²) in [5.74, 6) is 0. The van der Waals surface area contributed by atoms with Crippen LogP contribution in [0, 0.1) is 0 Å². The topological polar surface area (TPSA) is 23.5 Å². The molecule has 1 aliphatic heterocycles. The number of unbranched alkanes of at least 4 members (excludes halogenated alkanes) is 1. The Morgan fingerprint density at radius 2 is 1.81 bits per heavy atom. The molecule has 0 radical (unpaired) electrons. The predicted octanol–water partition coefficient (Wildman–Crippen LogP) is 5.71. The molecule has 1 atom stereocenters. The highest BCUT2D eigenvalue weighted by molar-refractivity contribution is 5.24. The minimum Gasteiger partial charge on any atom is -0.390 e. The van der Waals surface area contributed by atoms with Gasteiger partial charge in [-0.3, -0.25) is 4.90 Å². The summed E-state index contributed by atoms with van der Waals surface area (Å²) in [6.07, 6.45) is 8.61. The molecular weight excluding hydrogens is 318 g/mol. The summed E-state index contributed by atoms with van der Waals surface area (Å²) < 4.78 is 0. The molecule has 0 aromatic heterocycles. The van der Waals surface area contributed by atoms with E-state index in [-0.39, 0.29) is 5.41 Å². The molecule has 1 fully saturated rings. The van der Waals surface area contributed by atoms with Crippen molar-refractivity contribution in [3.05, 3.63) is 47.5 Å². The number of rotatable bonds is 8. The predicted molar refractivity (Wildman–Crippen MR) is 113 cm³/mol. The Balaban J connectivity index is 2.08. The van der Waals surface area contributed by atoms with Gasteiger partial charge in [0.25, 0.3) is 0 Å². The van der Waals surface area contributed by atoms with Gasteiger partial charge in [-0.2, -0.15) is 0 Å². The van der Waals surface area contributed by atoms with Crippen LogP contribution in [-0.4, -0.2) is 34.7 Å². The van der Waals surface area contributed by atoms with Gasteiger partial charge in [-0.05, 0) is 50.5 Å². The largest absolute Gasteiger partial charge is 0.390 e. The van der Waals surface area contributed by atoms with E-state index >= 15 is 0 Å². The van der Waals surface area contributed by atoms with Gasteiger partial charge in [0.15, 0.2) is 0 Å². The van der Waals surface area contributed by atoms with Crippen LogP contribution in [0.4, 0.5) is 0 Å². The zero-order chi connectivity index (χ0) is 19.2. The lowest BCUT2D eigenvalue weighted by atomic mass is 9.77. The number of benzene rings is 1. The maximum atomic E-state index is 10.9. The van der Waals surface area contributed by atoms with E-state index in [1.165, 1.54) is 11.1 Å². The van der Waals surface area contributed by atoms with Crippen LogP contribution in [0.1, 0.15) is 78.7 Å². The summed E-state index contributed by atoms with van der Waals surface area (Å²) in [7, 11) is 0. The number of allylic oxidation sites excluding steroid dienone is 1. The Morgan fingerprint density at radius 1 is 1.19 bits per heavy atom. The average Bonchev–Trinajstić information content (AvgIpc) is 2.60. The molecule has 146 valence electrons. The van der Waals surface area contributed by atoms with E-state index in [1.54, 1.807) is 0 Å². The molecule has 0 spiro atoms. The lowest BCUT2D eigenvalue weighted by Crippen LogP contribution is -2.49. The Bertz CT molecular complexity index is 563. The Hall–Kier alpha value is -1.12. The first-order valence-electron chi connectivity index (χ1n) is 10.4. The van der Waals surface area contributed by atoms with Crippen molar-refractivity contribution in [3.8, 4) is 0 Å². The van der Waals surface area contributed by atoms with Crippen molar-refractivity contribution < 1.29 is 5.11 Å². The fourth-order valence-corrected chi connectivity index (χ4v) is 4.24. The average molecular weight is 358 g/mol. The smallest absolute Gasteiger partial charge is 0.0672 e. The maximum absolute atomic E-state index is 10.9. The fourth-order valence-electron chi connectivity index (χ4n) is 4.24. The Morgan fingerprint density at radius 3 is 2.35 bits per heavy atom. The molecule has 2 rings (SSSR count). The van der Waals surface area contributed by atoms with Crippen molar-refractivity contribution >= 4 is 0 Å². The van der Waals surface area contributed by atoms with Gasteiger partial charge in [-0.1, -0.05) is 75.6 Å². The van der Waals surface area contributed by atoms with Gasteiger partial charge in [-0.25, -0.2) is 0 Å². The molecule has 1 aliphatic rings. The molecule has 1 N–H and O–H groups in total. The highest BCUT2D eigenvalue weighted by Crippen LogP contribution is 2.34. The molecule has 1 heterocycles. The summed E-state index contributed by atoms with van der Waals surface area (Å²) in [5, 5.41) is 10.9. The van der Waals surface area contributed by atoms with E-state index in [0.717, 1.165) is 51.6 Å². The van der Waals surface area contributed by atoms with Crippen LogP contribution in [0.25, 0.3) is 0 Å². The number of nitrogens with zero attached hydrogens (tertiary/aromatic N) is 1. The molecule has 1 saturated heterocycles. The van der Waals surface area contributed by atoms with Gasteiger partial charge >= 0.3 is 0 Å². The van der Waals surface area contributed by atoms with E-state index in [9.17, 15) is 5.11 Å². The summed E-state index contributed by atoms with van der Waals surface area (Å²) in [6.45, 7) is 13.3. The fraction of sp³-hybridized carbons (Fsp3) is 0.667. The molecular formula is C24H39NO. The lowest BCUT2D eigenvalue weighted by Gasteiger charge is -2.43. The van der Waals surface area contributed by atoms with Gasteiger partial charge in [0, 0.05) is 19.1 Å². The van der Waals surface area contributed by atoms with Crippen LogP contribution in [0.15, 0.2) is 42.0 Å². The minimum absolute atomic E-state index is 0.133. The molecule has 0 saturated carbocycles. The van der Waals surface area contributed by atoms with Crippen LogP contribution in [0.5, 0.6) is 0 Å². The normalized spacial score (nSPS) is 19.2. The van der Waals surface area contributed by atoms with Gasteiger partial charge in [0.2, 0.25) is 0 Å². The number of piperidine rings is 1. The van der Waals surface area contributed by atoms with Gasteiger partial charge in [0.1, 0.15) is 0 Å². The van der Waals surface area contributed by atoms with Gasteiger partial charge in [-0.15, -0.1) is 0 Å². The third-order valence-corrected chi connectivity index (χ3v) is 5.99. The highest BCUT2D eigenvalue weighted by Gasteiger charge is 2.35. The molecule has 2 heteroatoms. The second kappa shape index (κ2) is 9.19. The quantitative estimate of drug-likeness (QED) is 0.603. The number of aliphatic hydroxyl groups is 1. The first-order valence-corrected chi connectivity index (χ1v) is 10.4. The Labute approximate surface area is 161 Å². The Kier molecular flexibility index (Phi) is 7.49. The van der Waals surface area contributed by atoms with Crippen molar-refractivity contribution in [1.82, 2.24) is 4.90 Å². The zero-order valence-corrected chi connectivity index (χ0v) is 17.6. The van der Waals surface area contributed by atoms with Crippen molar-refractivity contribution in [2.75, 3.05) is 13.1 Å². The molecule has 1 aromatic rings. The van der Waals surface area contributed by atoms with Gasteiger partial charge in [0.05, 0.1) is 5.60 Å². The van der Waals surface area contributed by atoms with E-state index in [4.69, 9.17) is 0 Å². The van der Waals surface area contributed by atoms with E-state index in [1.807, 2.05) is 0 Å². The summed E-state index contributed by atoms with van der Waals surface area (Å²) in [5.41, 5.74) is 2.49. The highest BCUT2D eigenvalue weighted by atomic mass is 16.3. The van der Waals surface area contributed by atoms with Gasteiger partial charge < -0.3 is 5.11 Å². The molecule has 26 heavy (non-hydrogen) atoms. The van der Waals surface area contributed by atoms with Crippen molar-refractivity contribution in [1.29, 1.82) is 0 Å². The molecule has 0 aliphatic carbocycles. The summed E-state index contributed by atoms with van der Waals surface area (Å²) >= 11 is 0. The SMILES string of the molecule is CCCCC1(O)CCN(C(C=C(C)C)CC(C)(C)c2ccccc2)CC1. The molecule has 2 nitrogen and oxygen atoms in total. The molecule has 0 amide bonds. The van der Waals surface area contributed by atoms with Crippen LogP contribution < -0.4 is 0 Å². The monoisotopic (exact) mass is 357 g/mol. The second-order valence-corrected chi connectivity index (χ2v) is 9.13. The minimum atomic E-state index is -0.434. The second-order valence-electron chi connectivity index (χ2n) is 9.13. The number of hydrogen-bond donors (Lipinski definition) is 1. The maximum Gasteiger partial charge on any atom is 0.0672 e. The van der Waals surface area contributed by atoms with Crippen LogP contribution in [-0.2, 0) is 5.41 Å². The molecule has 1 unspecified atom stereocenters. The zero-order valence-electron chi connectivity index (χ0n) is 17.6. The standard InChI is InChI=1S/C24H39NO/c1-6-7-13-24(26)14-16-25(17-15-24)22(18-20(2)3)19-23(4,5)21-11-9-8-10-12-21/h8-12,18,22,26H,6-7,13-17,19H2,1-5H3. The summed E-state index contributed by atoms with van der Waals surface area (Å²) in [6, 6.07) is 11.3. The summed E-state index contributed by atoms with van der Waals surface area (Å²) in [4.78, 5) is 2.60. The van der Waals surface area contributed by atoms with Crippen LogP contribution in [0.2, 0.25) is 0 Å². The van der Waals surface area contributed by atoms with Crippen molar-refractivity contribution in [3.63, 3.8) is 0 Å². The van der Waals surface area contributed by atoms with E-state index in [2.05, 4.69) is 75.9 Å². The first kappa shape index (κ1) is 21.2. The van der Waals surface area contributed by atoms with E-state index < -0.39 is 5.60 Å². The van der Waals surface area contributed by atoms with Crippen LogP contribution >= 0.6 is 0 Å². The third kappa shape index (κ3) is 5.96. The number of likely N-dealkylation sites (tertiary alicyclic amines) is 1. The molecule has 1 aromatic carbocycles. The van der Waals surface area contributed by atoms with Crippen molar-refractivity contribution in [2.24, 2.45) is 0 Å². The molecule has 0 bridgehead atoms. The number of hydrogen-bond acceptors (Lipinski definition) is 2. The van der Waals surface area contributed by atoms with Crippen LogP contribution in [0.3, 0.4) is 0 Å². The van der Waals surface area contributed by atoms with Crippen molar-refractivity contribution in [2.45, 2.75) is 90.2 Å². The third-order valence-electron chi connectivity index (χ3n) is 5.99. The lowest BCUT2D eigenvalue weighted by molar-refractivity contribution is -0.0360. The van der Waals surface area contributed by atoms with E-state index in [0.29, 0.717) is 6.04 Å².